The van der Waals surface area contributed by atoms with E-state index in [0.717, 1.165) is 0 Å². The summed E-state index contributed by atoms with van der Waals surface area (Å²) in [5.74, 6) is -1.64. The smallest absolute Gasteiger partial charge is 0.262 e. The number of amides is 1. The molecule has 1 aliphatic rings. The third-order valence-corrected chi connectivity index (χ3v) is 6.11. The number of benzene rings is 1. The van der Waals surface area contributed by atoms with Gasteiger partial charge in [0.25, 0.3) is 5.91 Å². The molecule has 4 heterocycles. The minimum absolute atomic E-state index is 0.0797. The fourth-order valence-corrected chi connectivity index (χ4v) is 4.12. The molecule has 5 rings (SSSR count). The predicted octanol–water partition coefficient (Wildman–Crippen LogP) is 4.02. The molecular weight excluding hydrogens is 468 g/mol. The van der Waals surface area contributed by atoms with Crippen LogP contribution in [0.1, 0.15) is 36.7 Å². The summed E-state index contributed by atoms with van der Waals surface area (Å²) >= 11 is 0. The molecule has 1 fully saturated rings. The highest BCUT2D eigenvalue weighted by molar-refractivity contribution is 6.04. The number of hydrogen-bond acceptors (Lipinski definition) is 6. The van der Waals surface area contributed by atoms with E-state index in [0.29, 0.717) is 54.6 Å². The molecule has 0 bridgehead atoms. The molecular formula is C25H27F2N7O2. The Kier molecular flexibility index (Phi) is 5.95. The fraction of sp³-hybridized carbons (Fsp3) is 0.360. The van der Waals surface area contributed by atoms with Gasteiger partial charge in [-0.15, -0.1) is 5.10 Å². The van der Waals surface area contributed by atoms with E-state index in [9.17, 15) is 13.6 Å². The Bertz CT molecular complexity index is 1450. The Labute approximate surface area is 206 Å². The lowest BCUT2D eigenvalue weighted by atomic mass is 10.0. The van der Waals surface area contributed by atoms with Crippen LogP contribution in [0.2, 0.25) is 0 Å². The molecule has 1 saturated heterocycles. The van der Waals surface area contributed by atoms with Gasteiger partial charge in [-0.05, 0) is 45.4 Å². The first-order valence-electron chi connectivity index (χ1n) is 11.7. The highest BCUT2D eigenvalue weighted by Crippen LogP contribution is 2.31. The van der Waals surface area contributed by atoms with E-state index in [2.05, 4.69) is 20.3 Å². The first-order chi connectivity index (χ1) is 17.1. The van der Waals surface area contributed by atoms with Gasteiger partial charge in [-0.2, -0.15) is 4.39 Å². The van der Waals surface area contributed by atoms with Gasteiger partial charge in [-0.3, -0.25) is 9.48 Å². The second kappa shape index (κ2) is 8.98. The Morgan fingerprint density at radius 3 is 2.58 bits per heavy atom. The number of ether oxygens (including phenoxy) is 1. The number of imidazole rings is 1. The van der Waals surface area contributed by atoms with Crippen LogP contribution in [0, 0.1) is 18.7 Å². The van der Waals surface area contributed by atoms with Crippen LogP contribution >= 0.6 is 0 Å². The number of aromatic nitrogens is 5. The van der Waals surface area contributed by atoms with Gasteiger partial charge in [0.1, 0.15) is 11.4 Å². The van der Waals surface area contributed by atoms with Gasteiger partial charge in [0.2, 0.25) is 5.95 Å². The third kappa shape index (κ3) is 4.41. The van der Waals surface area contributed by atoms with Crippen molar-refractivity contribution < 1.29 is 18.3 Å². The third-order valence-electron chi connectivity index (χ3n) is 6.11. The Balaban J connectivity index is 1.52. The van der Waals surface area contributed by atoms with E-state index in [1.165, 1.54) is 23.0 Å². The van der Waals surface area contributed by atoms with Crippen molar-refractivity contribution in [3.8, 4) is 11.3 Å². The molecule has 1 amide bonds. The molecule has 0 aliphatic carbocycles. The first kappa shape index (κ1) is 23.9. The molecule has 11 heteroatoms. The molecule has 1 aliphatic heterocycles. The summed E-state index contributed by atoms with van der Waals surface area (Å²) in [5.41, 5.74) is 1.70. The number of halogens is 2. The molecule has 3 aromatic heterocycles. The first-order valence-corrected chi connectivity index (χ1v) is 11.7. The number of fused-ring (bicyclic) bond motifs is 1. The molecule has 4 aromatic rings. The lowest BCUT2D eigenvalue weighted by Crippen LogP contribution is -2.37. The van der Waals surface area contributed by atoms with Crippen molar-refractivity contribution in [2.45, 2.75) is 33.2 Å². The lowest BCUT2D eigenvalue weighted by Gasteiger charge is -2.28. The molecule has 0 spiro atoms. The number of nitrogens with one attached hydrogen (secondary N) is 1. The van der Waals surface area contributed by atoms with Crippen LogP contribution in [0.4, 0.5) is 20.3 Å². The van der Waals surface area contributed by atoms with Gasteiger partial charge < -0.3 is 19.4 Å². The molecule has 36 heavy (non-hydrogen) atoms. The van der Waals surface area contributed by atoms with Gasteiger partial charge >= 0.3 is 0 Å². The van der Waals surface area contributed by atoms with Gasteiger partial charge in [-0.25, -0.2) is 14.4 Å². The van der Waals surface area contributed by atoms with Crippen LogP contribution in [0.15, 0.2) is 36.9 Å². The van der Waals surface area contributed by atoms with Gasteiger partial charge in [-0.1, -0.05) is 0 Å². The highest BCUT2D eigenvalue weighted by Gasteiger charge is 2.24. The molecule has 0 unspecified atom stereocenters. The standard InChI is InChI=1S/C25H27F2N7O2/c1-15-11-18(26)19(30-24(35)17-13-34(25(2,3)4)31-21(17)27)12-16(15)20-14-33-6-5-28-22(33)23(29-20)32-7-9-36-10-8-32/h5-6,11-14H,7-10H2,1-4H3,(H,30,35). The van der Waals surface area contributed by atoms with Gasteiger partial charge in [0.15, 0.2) is 11.5 Å². The van der Waals surface area contributed by atoms with Crippen molar-refractivity contribution in [3.63, 3.8) is 0 Å². The summed E-state index contributed by atoms with van der Waals surface area (Å²) in [7, 11) is 0. The number of carbonyl (C=O) groups is 1. The Hall–Kier alpha value is -3.86. The Morgan fingerprint density at radius 2 is 1.89 bits per heavy atom. The summed E-state index contributed by atoms with van der Waals surface area (Å²) in [5, 5.41) is 6.29. The van der Waals surface area contributed by atoms with Crippen molar-refractivity contribution in [2.75, 3.05) is 36.5 Å². The van der Waals surface area contributed by atoms with Crippen molar-refractivity contribution in [1.29, 1.82) is 0 Å². The zero-order chi connectivity index (χ0) is 25.6. The highest BCUT2D eigenvalue weighted by atomic mass is 19.1. The monoisotopic (exact) mass is 495 g/mol. The average molecular weight is 496 g/mol. The molecule has 0 saturated carbocycles. The van der Waals surface area contributed by atoms with Gasteiger partial charge in [0, 0.05) is 43.4 Å². The van der Waals surface area contributed by atoms with E-state index >= 15 is 0 Å². The molecule has 0 atom stereocenters. The maximum absolute atomic E-state index is 14.9. The number of rotatable bonds is 4. The lowest BCUT2D eigenvalue weighted by molar-refractivity contribution is 0.102. The van der Waals surface area contributed by atoms with Crippen molar-refractivity contribution in [1.82, 2.24) is 24.1 Å². The number of morpholine rings is 1. The molecule has 188 valence electrons. The second-order valence-corrected chi connectivity index (χ2v) is 9.76. The van der Waals surface area contributed by atoms with E-state index in [-0.39, 0.29) is 11.3 Å². The molecule has 0 radical (unpaired) electrons. The largest absolute Gasteiger partial charge is 0.378 e. The number of aryl methyl sites for hydroxylation is 1. The van der Waals surface area contributed by atoms with E-state index in [1.807, 2.05) is 37.6 Å². The zero-order valence-corrected chi connectivity index (χ0v) is 20.5. The van der Waals surface area contributed by atoms with Crippen LogP contribution in [0.5, 0.6) is 0 Å². The minimum atomic E-state index is -0.919. The maximum Gasteiger partial charge on any atom is 0.262 e. The fourth-order valence-electron chi connectivity index (χ4n) is 4.12. The number of carbonyl (C=O) groups excluding carboxylic acids is 1. The molecule has 9 nitrogen and oxygen atoms in total. The van der Waals surface area contributed by atoms with Crippen molar-refractivity contribution in [2.24, 2.45) is 0 Å². The van der Waals surface area contributed by atoms with Gasteiger partial charge in [0.05, 0.1) is 30.1 Å². The summed E-state index contributed by atoms with van der Waals surface area (Å²) in [6, 6.07) is 2.84. The quantitative estimate of drug-likeness (QED) is 0.460. The predicted molar refractivity (Wildman–Crippen MR) is 131 cm³/mol. The van der Waals surface area contributed by atoms with Crippen LogP contribution in [-0.4, -0.2) is 56.4 Å². The summed E-state index contributed by atoms with van der Waals surface area (Å²) in [6.45, 7) is 9.81. The molecule has 1 N–H and O–H groups in total. The van der Waals surface area contributed by atoms with E-state index in [1.54, 1.807) is 13.1 Å². The van der Waals surface area contributed by atoms with Crippen LogP contribution in [0.25, 0.3) is 16.9 Å². The topological polar surface area (TPSA) is 89.6 Å². The van der Waals surface area contributed by atoms with Crippen molar-refractivity contribution >= 4 is 23.1 Å². The van der Waals surface area contributed by atoms with E-state index in [4.69, 9.17) is 9.72 Å². The Morgan fingerprint density at radius 1 is 1.14 bits per heavy atom. The zero-order valence-electron chi connectivity index (χ0n) is 20.5. The average Bonchev–Trinajstić information content (AvgIpc) is 3.47. The minimum Gasteiger partial charge on any atom is -0.378 e. The second-order valence-electron chi connectivity index (χ2n) is 9.76. The summed E-state index contributed by atoms with van der Waals surface area (Å²) in [4.78, 5) is 24.2. The van der Waals surface area contributed by atoms with Crippen LogP contribution in [-0.2, 0) is 10.3 Å². The number of anilines is 2. The summed E-state index contributed by atoms with van der Waals surface area (Å²) < 4.78 is 38.0. The normalized spacial score (nSPS) is 14.4. The number of hydrogen-bond donors (Lipinski definition) is 1. The van der Waals surface area contributed by atoms with E-state index < -0.39 is 23.2 Å². The van der Waals surface area contributed by atoms with Crippen molar-refractivity contribution in [3.05, 3.63) is 59.8 Å². The maximum atomic E-state index is 14.9. The SMILES string of the molecule is Cc1cc(F)c(NC(=O)c2cn(C(C)(C)C)nc2F)cc1-c1cn2ccnc2c(N2CCOCC2)n1. The van der Waals surface area contributed by atoms with Crippen LogP contribution < -0.4 is 10.2 Å². The van der Waals surface area contributed by atoms with Crippen LogP contribution in [0.3, 0.4) is 0 Å². The summed E-state index contributed by atoms with van der Waals surface area (Å²) in [6.07, 6.45) is 6.65. The molecule has 1 aromatic carbocycles. The number of nitrogens with zero attached hydrogens (tertiary/aromatic N) is 6.